The summed E-state index contributed by atoms with van der Waals surface area (Å²) >= 11 is 1.59. The second-order valence-corrected chi connectivity index (χ2v) is 5.69. The third-order valence-electron chi connectivity index (χ3n) is 2.90. The molecule has 2 aromatic rings. The van der Waals surface area contributed by atoms with Gasteiger partial charge in [-0.2, -0.15) is 4.98 Å². The van der Waals surface area contributed by atoms with Crippen LogP contribution < -0.4 is 16.6 Å². The van der Waals surface area contributed by atoms with Gasteiger partial charge in [-0.25, -0.2) is 10.8 Å². The number of aromatic nitrogens is 2. The summed E-state index contributed by atoms with van der Waals surface area (Å²) in [5.41, 5.74) is 2.10. The van der Waals surface area contributed by atoms with E-state index < -0.39 is 4.92 Å². The largest absolute Gasteiger partial charge is 0.356 e. The summed E-state index contributed by atoms with van der Waals surface area (Å²) in [7, 11) is 0. The van der Waals surface area contributed by atoms with Crippen LogP contribution in [0, 0.1) is 16.0 Å². The SMILES string of the molecule is CC(C)C(Nc1nc(NN)ncc1[N+](=O)[O-])c1cccs1. The molecular weight excluding hydrogens is 292 g/mol. The molecule has 0 radical (unpaired) electrons. The number of nitrogens with two attached hydrogens (primary N) is 1. The number of anilines is 2. The molecule has 1 unspecified atom stereocenters. The van der Waals surface area contributed by atoms with Gasteiger partial charge in [-0.1, -0.05) is 19.9 Å². The van der Waals surface area contributed by atoms with Crippen molar-refractivity contribution in [2.75, 3.05) is 10.7 Å². The van der Waals surface area contributed by atoms with Crippen LogP contribution in [0.2, 0.25) is 0 Å². The highest BCUT2D eigenvalue weighted by Crippen LogP contribution is 2.32. The molecule has 2 aromatic heterocycles. The van der Waals surface area contributed by atoms with Gasteiger partial charge in [-0.05, 0) is 17.4 Å². The highest BCUT2D eigenvalue weighted by atomic mass is 32.1. The molecule has 0 saturated heterocycles. The molecule has 2 rings (SSSR count). The summed E-state index contributed by atoms with van der Waals surface area (Å²) in [5.74, 6) is 5.76. The average Bonchev–Trinajstić information content (AvgIpc) is 2.97. The lowest BCUT2D eigenvalue weighted by molar-refractivity contribution is -0.384. The molecule has 1 atom stereocenters. The number of nitrogens with zero attached hydrogens (tertiary/aromatic N) is 3. The monoisotopic (exact) mass is 308 g/mol. The molecule has 9 heteroatoms. The maximum absolute atomic E-state index is 11.1. The van der Waals surface area contributed by atoms with Gasteiger partial charge in [0.1, 0.15) is 6.20 Å². The summed E-state index contributed by atoms with van der Waals surface area (Å²) in [6.07, 6.45) is 1.14. The van der Waals surface area contributed by atoms with Crippen molar-refractivity contribution in [2.24, 2.45) is 11.8 Å². The smallest absolute Gasteiger partial charge is 0.329 e. The van der Waals surface area contributed by atoms with E-state index in [1.807, 2.05) is 31.4 Å². The first kappa shape index (κ1) is 15.1. The zero-order valence-electron chi connectivity index (χ0n) is 11.6. The molecule has 112 valence electrons. The van der Waals surface area contributed by atoms with E-state index in [9.17, 15) is 10.1 Å². The quantitative estimate of drug-likeness (QED) is 0.426. The van der Waals surface area contributed by atoms with Gasteiger partial charge in [0, 0.05) is 4.88 Å². The average molecular weight is 308 g/mol. The van der Waals surface area contributed by atoms with Crippen molar-refractivity contribution in [2.45, 2.75) is 19.9 Å². The Kier molecular flexibility index (Phi) is 4.66. The minimum Gasteiger partial charge on any atom is -0.356 e. The maximum atomic E-state index is 11.1. The van der Waals surface area contributed by atoms with E-state index in [4.69, 9.17) is 5.84 Å². The molecule has 2 heterocycles. The molecular formula is C12H16N6O2S. The Morgan fingerprint density at radius 3 is 2.76 bits per heavy atom. The second-order valence-electron chi connectivity index (χ2n) is 4.71. The first-order valence-corrected chi connectivity index (χ1v) is 7.19. The molecule has 8 nitrogen and oxygen atoms in total. The number of hydrogen-bond acceptors (Lipinski definition) is 8. The highest BCUT2D eigenvalue weighted by Gasteiger charge is 2.23. The summed E-state index contributed by atoms with van der Waals surface area (Å²) in [4.78, 5) is 19.5. The lowest BCUT2D eigenvalue weighted by Gasteiger charge is -2.21. The lowest BCUT2D eigenvalue weighted by atomic mass is 10.0. The molecule has 0 spiro atoms. The van der Waals surface area contributed by atoms with E-state index in [-0.39, 0.29) is 29.4 Å². The van der Waals surface area contributed by atoms with Crippen LogP contribution in [0.4, 0.5) is 17.5 Å². The number of thiophene rings is 1. The first-order chi connectivity index (χ1) is 10.0. The number of nitro groups is 1. The molecule has 0 fully saturated rings. The van der Waals surface area contributed by atoms with Gasteiger partial charge >= 0.3 is 5.69 Å². The summed E-state index contributed by atoms with van der Waals surface area (Å²) in [6, 6.07) is 3.85. The third kappa shape index (κ3) is 3.44. The van der Waals surface area contributed by atoms with Crippen molar-refractivity contribution in [1.29, 1.82) is 0 Å². The molecule has 21 heavy (non-hydrogen) atoms. The number of nitrogen functional groups attached to an aromatic ring is 1. The number of nitrogens with one attached hydrogen (secondary N) is 2. The van der Waals surface area contributed by atoms with Crippen molar-refractivity contribution >= 4 is 28.8 Å². The molecule has 0 aliphatic carbocycles. The Morgan fingerprint density at radius 1 is 1.48 bits per heavy atom. The van der Waals surface area contributed by atoms with Crippen LogP contribution in [0.5, 0.6) is 0 Å². The Morgan fingerprint density at radius 2 is 2.24 bits per heavy atom. The molecule has 0 aliphatic rings. The van der Waals surface area contributed by atoms with E-state index in [0.29, 0.717) is 0 Å². The number of hydrazine groups is 1. The Labute approximate surface area is 125 Å². The summed E-state index contributed by atoms with van der Waals surface area (Å²) < 4.78 is 0. The minimum atomic E-state index is -0.519. The van der Waals surface area contributed by atoms with Crippen LogP contribution in [-0.2, 0) is 0 Å². The summed E-state index contributed by atoms with van der Waals surface area (Å²) in [5, 5.41) is 16.2. The molecule has 0 amide bonds. The van der Waals surface area contributed by atoms with Crippen LogP contribution in [0.3, 0.4) is 0 Å². The predicted octanol–water partition coefficient (Wildman–Crippen LogP) is 2.54. The number of rotatable bonds is 6. The fourth-order valence-electron chi connectivity index (χ4n) is 1.87. The Balaban J connectivity index is 2.37. The van der Waals surface area contributed by atoms with Crippen LogP contribution in [0.15, 0.2) is 23.7 Å². The van der Waals surface area contributed by atoms with E-state index in [0.717, 1.165) is 11.1 Å². The second kappa shape index (κ2) is 6.46. The highest BCUT2D eigenvalue weighted by molar-refractivity contribution is 7.10. The molecule has 0 saturated carbocycles. The number of hydrogen-bond donors (Lipinski definition) is 3. The zero-order chi connectivity index (χ0) is 15.4. The molecule has 0 aromatic carbocycles. The fraction of sp³-hybridized carbons (Fsp3) is 0.333. The fourth-order valence-corrected chi connectivity index (χ4v) is 2.82. The van der Waals surface area contributed by atoms with E-state index in [2.05, 4.69) is 20.7 Å². The van der Waals surface area contributed by atoms with Crippen molar-refractivity contribution in [3.05, 3.63) is 38.7 Å². The minimum absolute atomic E-state index is 0.0794. The van der Waals surface area contributed by atoms with Crippen molar-refractivity contribution in [3.63, 3.8) is 0 Å². The van der Waals surface area contributed by atoms with Crippen LogP contribution in [0.25, 0.3) is 0 Å². The van der Waals surface area contributed by atoms with Gasteiger partial charge in [-0.3, -0.25) is 15.5 Å². The van der Waals surface area contributed by atoms with Gasteiger partial charge in [0.15, 0.2) is 0 Å². The van der Waals surface area contributed by atoms with E-state index in [1.165, 1.54) is 0 Å². The molecule has 4 N–H and O–H groups in total. The van der Waals surface area contributed by atoms with E-state index in [1.54, 1.807) is 11.3 Å². The molecule has 0 bridgehead atoms. The first-order valence-electron chi connectivity index (χ1n) is 6.31. The maximum Gasteiger partial charge on any atom is 0.329 e. The Bertz CT molecular complexity index is 616. The van der Waals surface area contributed by atoms with Crippen molar-refractivity contribution in [1.82, 2.24) is 9.97 Å². The lowest BCUT2D eigenvalue weighted by Crippen LogP contribution is -2.19. The Hall–Kier alpha value is -2.26. The molecule has 0 aliphatic heterocycles. The predicted molar refractivity (Wildman–Crippen MR) is 82.0 cm³/mol. The topological polar surface area (TPSA) is 119 Å². The zero-order valence-corrected chi connectivity index (χ0v) is 12.4. The van der Waals surface area contributed by atoms with Crippen molar-refractivity contribution < 1.29 is 4.92 Å². The standard InChI is InChI=1S/C12H16N6O2S/c1-7(2)10(9-4-3-5-21-9)15-11-8(18(19)20)6-14-12(16-11)17-13/h3-7,10H,13H2,1-2H3,(H2,14,15,16,17). The van der Waals surface area contributed by atoms with E-state index >= 15 is 0 Å². The van der Waals surface area contributed by atoms with Crippen LogP contribution in [-0.4, -0.2) is 14.9 Å². The van der Waals surface area contributed by atoms with Gasteiger partial charge in [0.25, 0.3) is 0 Å². The van der Waals surface area contributed by atoms with Gasteiger partial charge in [-0.15, -0.1) is 11.3 Å². The van der Waals surface area contributed by atoms with Gasteiger partial charge < -0.3 is 5.32 Å². The van der Waals surface area contributed by atoms with Crippen LogP contribution >= 0.6 is 11.3 Å². The van der Waals surface area contributed by atoms with Crippen LogP contribution in [0.1, 0.15) is 24.8 Å². The van der Waals surface area contributed by atoms with Crippen molar-refractivity contribution in [3.8, 4) is 0 Å². The summed E-state index contributed by atoms with van der Waals surface area (Å²) in [6.45, 7) is 4.07. The third-order valence-corrected chi connectivity index (χ3v) is 3.86. The normalized spacial score (nSPS) is 12.2. The van der Waals surface area contributed by atoms with Gasteiger partial charge in [0.05, 0.1) is 11.0 Å². The van der Waals surface area contributed by atoms with Gasteiger partial charge in [0.2, 0.25) is 11.8 Å².